The number of hydrogen-bond donors (Lipinski definition) is 0. The molecule has 0 saturated heterocycles. The number of Topliss-reactive ketones (excluding diaryl/α,β-unsaturated/α-hetero) is 1. The molecule has 1 aliphatic rings. The lowest BCUT2D eigenvalue weighted by Gasteiger charge is -2.28. The predicted molar refractivity (Wildman–Crippen MR) is 51.4 cm³/mol. The van der Waals surface area contributed by atoms with Gasteiger partial charge in [0.25, 0.3) is 0 Å². The average molecular weight is 180 g/mol. The van der Waals surface area contributed by atoms with Crippen LogP contribution in [-0.4, -0.2) is 11.6 Å². The number of hydrogen-bond acceptors (Lipinski definition) is 2. The summed E-state index contributed by atoms with van der Waals surface area (Å²) in [5.74, 6) is 0.351. The van der Waals surface area contributed by atoms with E-state index in [2.05, 4.69) is 0 Å². The number of ketones is 2. The third-order valence-corrected chi connectivity index (χ3v) is 2.76. The van der Waals surface area contributed by atoms with Crippen LogP contribution in [0.25, 0.3) is 0 Å². The summed E-state index contributed by atoms with van der Waals surface area (Å²) in [7, 11) is 0. The van der Waals surface area contributed by atoms with Gasteiger partial charge in [0.2, 0.25) is 0 Å². The molecule has 0 spiro atoms. The highest BCUT2D eigenvalue weighted by Crippen LogP contribution is 2.33. The van der Waals surface area contributed by atoms with Gasteiger partial charge in [-0.05, 0) is 32.3 Å². The third-order valence-electron chi connectivity index (χ3n) is 2.76. The zero-order valence-electron chi connectivity index (χ0n) is 8.30. The molecule has 0 saturated carbocycles. The van der Waals surface area contributed by atoms with Crippen molar-refractivity contribution in [2.75, 3.05) is 0 Å². The van der Waals surface area contributed by atoms with Crippen LogP contribution in [0.4, 0.5) is 0 Å². The second-order valence-corrected chi connectivity index (χ2v) is 4.07. The van der Waals surface area contributed by atoms with E-state index >= 15 is 0 Å². The van der Waals surface area contributed by atoms with Gasteiger partial charge < -0.3 is 4.79 Å². The lowest BCUT2D eigenvalue weighted by atomic mass is 9.74. The maximum Gasteiger partial charge on any atom is 0.161 e. The Kier molecular flexibility index (Phi) is 3.02. The molecule has 13 heavy (non-hydrogen) atoms. The Hall–Kier alpha value is -0.920. The summed E-state index contributed by atoms with van der Waals surface area (Å²) in [5.41, 5.74) is -0.277. The van der Waals surface area contributed by atoms with Gasteiger partial charge in [-0.2, -0.15) is 0 Å². The normalized spacial score (nSPS) is 27.7. The first-order chi connectivity index (χ1) is 6.04. The van der Waals surface area contributed by atoms with Crippen molar-refractivity contribution in [2.24, 2.45) is 5.41 Å². The van der Waals surface area contributed by atoms with Crippen molar-refractivity contribution < 1.29 is 9.59 Å². The summed E-state index contributed by atoms with van der Waals surface area (Å²) in [6, 6.07) is 0. The van der Waals surface area contributed by atoms with E-state index < -0.39 is 0 Å². The predicted octanol–water partition coefficient (Wildman–Crippen LogP) is 2.28. The van der Waals surface area contributed by atoms with Crippen LogP contribution in [0.15, 0.2) is 12.2 Å². The van der Waals surface area contributed by atoms with Crippen LogP contribution in [0.3, 0.4) is 0 Å². The highest BCUT2D eigenvalue weighted by Gasteiger charge is 2.32. The molecule has 0 bridgehead atoms. The lowest BCUT2D eigenvalue weighted by Crippen LogP contribution is -2.28. The Bertz CT molecular complexity index is 253. The molecule has 0 fully saturated rings. The van der Waals surface area contributed by atoms with Crippen LogP contribution in [-0.2, 0) is 9.59 Å². The maximum absolute atomic E-state index is 11.5. The van der Waals surface area contributed by atoms with Crippen LogP contribution in [0.2, 0.25) is 0 Å². The SMILES string of the molecule is CC(=O)CC[C@@]1(C)CCC=CC1=O. The second-order valence-electron chi connectivity index (χ2n) is 4.07. The van der Waals surface area contributed by atoms with E-state index in [4.69, 9.17) is 0 Å². The first-order valence-electron chi connectivity index (χ1n) is 4.75. The number of rotatable bonds is 3. The molecule has 0 aromatic carbocycles. The van der Waals surface area contributed by atoms with Gasteiger partial charge in [0, 0.05) is 11.8 Å². The minimum Gasteiger partial charge on any atom is -0.300 e. The molecular formula is C11H16O2. The molecule has 1 rings (SSSR count). The number of carbonyl (C=O) groups is 2. The van der Waals surface area contributed by atoms with E-state index in [1.807, 2.05) is 13.0 Å². The van der Waals surface area contributed by atoms with Crippen molar-refractivity contribution in [3.05, 3.63) is 12.2 Å². The smallest absolute Gasteiger partial charge is 0.161 e. The Morgan fingerprint density at radius 1 is 1.62 bits per heavy atom. The third kappa shape index (κ3) is 2.51. The molecule has 0 heterocycles. The van der Waals surface area contributed by atoms with Gasteiger partial charge in [-0.1, -0.05) is 13.0 Å². The highest BCUT2D eigenvalue weighted by molar-refractivity contribution is 5.95. The Labute approximate surface area is 79.0 Å². The molecule has 72 valence electrons. The Morgan fingerprint density at radius 2 is 2.31 bits per heavy atom. The Morgan fingerprint density at radius 3 is 2.85 bits per heavy atom. The van der Waals surface area contributed by atoms with Gasteiger partial charge in [0.15, 0.2) is 5.78 Å². The molecule has 0 unspecified atom stereocenters. The molecule has 0 aromatic rings. The van der Waals surface area contributed by atoms with E-state index in [0.29, 0.717) is 12.8 Å². The second kappa shape index (κ2) is 3.86. The Balaban J connectivity index is 2.59. The van der Waals surface area contributed by atoms with E-state index in [1.54, 1.807) is 13.0 Å². The van der Waals surface area contributed by atoms with Crippen LogP contribution in [0.1, 0.15) is 39.5 Å². The topological polar surface area (TPSA) is 34.1 Å². The quantitative estimate of drug-likeness (QED) is 0.667. The summed E-state index contributed by atoms with van der Waals surface area (Å²) in [5, 5.41) is 0. The van der Waals surface area contributed by atoms with Crippen LogP contribution >= 0.6 is 0 Å². The molecule has 0 N–H and O–H groups in total. The van der Waals surface area contributed by atoms with Gasteiger partial charge in [-0.3, -0.25) is 4.79 Å². The van der Waals surface area contributed by atoms with E-state index in [9.17, 15) is 9.59 Å². The van der Waals surface area contributed by atoms with Crippen molar-refractivity contribution >= 4 is 11.6 Å². The minimum absolute atomic E-state index is 0.170. The molecule has 2 nitrogen and oxygen atoms in total. The summed E-state index contributed by atoms with van der Waals surface area (Å²) < 4.78 is 0. The average Bonchev–Trinajstić information content (AvgIpc) is 2.07. The molecule has 0 aromatic heterocycles. The van der Waals surface area contributed by atoms with Gasteiger partial charge >= 0.3 is 0 Å². The highest BCUT2D eigenvalue weighted by atomic mass is 16.1. The van der Waals surface area contributed by atoms with Crippen LogP contribution in [0, 0.1) is 5.41 Å². The largest absolute Gasteiger partial charge is 0.300 e. The van der Waals surface area contributed by atoms with E-state index in [0.717, 1.165) is 12.8 Å². The van der Waals surface area contributed by atoms with Crippen molar-refractivity contribution in [3.63, 3.8) is 0 Å². The number of carbonyl (C=O) groups excluding carboxylic acids is 2. The molecular weight excluding hydrogens is 164 g/mol. The van der Waals surface area contributed by atoms with Crippen molar-refractivity contribution in [3.8, 4) is 0 Å². The van der Waals surface area contributed by atoms with Gasteiger partial charge in [-0.25, -0.2) is 0 Å². The first kappa shape index (κ1) is 10.2. The standard InChI is InChI=1S/C11H16O2/c1-9(12)6-8-11(2)7-4-3-5-10(11)13/h3,5H,4,6-8H2,1-2H3/t11-/m1/s1. The monoisotopic (exact) mass is 180 g/mol. The zero-order valence-corrected chi connectivity index (χ0v) is 8.30. The fourth-order valence-electron chi connectivity index (χ4n) is 1.62. The number of allylic oxidation sites excluding steroid dienone is 2. The summed E-state index contributed by atoms with van der Waals surface area (Å²) in [4.78, 5) is 22.3. The first-order valence-corrected chi connectivity index (χ1v) is 4.75. The van der Waals surface area contributed by atoms with E-state index in [-0.39, 0.29) is 17.0 Å². The van der Waals surface area contributed by atoms with Crippen LogP contribution in [0.5, 0.6) is 0 Å². The van der Waals surface area contributed by atoms with Crippen molar-refractivity contribution in [1.82, 2.24) is 0 Å². The molecule has 1 atom stereocenters. The van der Waals surface area contributed by atoms with E-state index in [1.165, 1.54) is 0 Å². The molecule has 0 aliphatic heterocycles. The van der Waals surface area contributed by atoms with Crippen molar-refractivity contribution in [2.45, 2.75) is 39.5 Å². The van der Waals surface area contributed by atoms with Crippen LogP contribution < -0.4 is 0 Å². The summed E-state index contributed by atoms with van der Waals surface area (Å²) in [6.07, 6.45) is 6.64. The summed E-state index contributed by atoms with van der Waals surface area (Å²) >= 11 is 0. The maximum atomic E-state index is 11.5. The molecule has 2 heteroatoms. The fraction of sp³-hybridized carbons (Fsp3) is 0.636. The molecule has 1 aliphatic carbocycles. The van der Waals surface area contributed by atoms with Crippen molar-refractivity contribution in [1.29, 1.82) is 0 Å². The van der Waals surface area contributed by atoms with Gasteiger partial charge in [0.05, 0.1) is 0 Å². The van der Waals surface area contributed by atoms with Gasteiger partial charge in [-0.15, -0.1) is 0 Å². The molecule has 0 radical (unpaired) electrons. The van der Waals surface area contributed by atoms with Gasteiger partial charge in [0.1, 0.15) is 5.78 Å². The molecule has 0 amide bonds. The minimum atomic E-state index is -0.277. The zero-order chi connectivity index (χ0) is 9.90. The lowest BCUT2D eigenvalue weighted by molar-refractivity contribution is -0.125. The summed E-state index contributed by atoms with van der Waals surface area (Å²) in [6.45, 7) is 3.54. The fourth-order valence-corrected chi connectivity index (χ4v) is 1.62.